The van der Waals surface area contributed by atoms with Crippen LogP contribution in [-0.2, 0) is 0 Å². The quantitative estimate of drug-likeness (QED) is 0.540. The number of imidazole rings is 1. The predicted octanol–water partition coefficient (Wildman–Crippen LogP) is 2.76. The molecule has 0 spiro atoms. The molecule has 0 aliphatic heterocycles. The van der Waals surface area contributed by atoms with Gasteiger partial charge in [0.05, 0.1) is 17.3 Å². The van der Waals surface area contributed by atoms with Crippen molar-refractivity contribution in [2.75, 3.05) is 5.32 Å². The van der Waals surface area contributed by atoms with Gasteiger partial charge >= 0.3 is 0 Å². The third kappa shape index (κ3) is 2.58. The Morgan fingerprint density at radius 2 is 2.08 bits per heavy atom. The summed E-state index contributed by atoms with van der Waals surface area (Å²) in [6, 6.07) is 11.7. The fourth-order valence-electron chi connectivity index (χ4n) is 2.41. The average molecular weight is 320 g/mol. The van der Waals surface area contributed by atoms with Crippen molar-refractivity contribution in [2.45, 2.75) is 0 Å². The number of pyridine rings is 1. The summed E-state index contributed by atoms with van der Waals surface area (Å²) in [4.78, 5) is 33.5. The SMILES string of the molecule is O=C(Nc1ccc2nc(-c3ccco3)[nH]c2c1)c1cc[nH]c(=O)c1. The number of carbonyl (C=O) groups excluding carboxylic acids is 1. The van der Waals surface area contributed by atoms with E-state index in [4.69, 9.17) is 4.42 Å². The molecule has 0 bridgehead atoms. The van der Waals surface area contributed by atoms with Crippen LogP contribution >= 0.6 is 0 Å². The van der Waals surface area contributed by atoms with Crippen LogP contribution in [0.5, 0.6) is 0 Å². The van der Waals surface area contributed by atoms with E-state index in [1.807, 2.05) is 6.07 Å². The lowest BCUT2D eigenvalue weighted by Crippen LogP contribution is -2.15. The van der Waals surface area contributed by atoms with E-state index < -0.39 is 0 Å². The second kappa shape index (κ2) is 5.54. The second-order valence-corrected chi connectivity index (χ2v) is 5.19. The van der Waals surface area contributed by atoms with Crippen molar-refractivity contribution in [3.05, 3.63) is 70.8 Å². The molecule has 4 rings (SSSR count). The monoisotopic (exact) mass is 320 g/mol. The fraction of sp³-hybridized carbons (Fsp3) is 0. The van der Waals surface area contributed by atoms with Gasteiger partial charge in [0.1, 0.15) is 0 Å². The van der Waals surface area contributed by atoms with E-state index >= 15 is 0 Å². The van der Waals surface area contributed by atoms with Gasteiger partial charge in [0.25, 0.3) is 5.91 Å². The highest BCUT2D eigenvalue weighted by Gasteiger charge is 2.10. The number of aromatic amines is 2. The lowest BCUT2D eigenvalue weighted by Gasteiger charge is -2.04. The summed E-state index contributed by atoms with van der Waals surface area (Å²) >= 11 is 0. The van der Waals surface area contributed by atoms with Crippen LogP contribution in [0.3, 0.4) is 0 Å². The van der Waals surface area contributed by atoms with Crippen molar-refractivity contribution in [1.82, 2.24) is 15.0 Å². The van der Waals surface area contributed by atoms with Crippen molar-refractivity contribution in [3.63, 3.8) is 0 Å². The number of amides is 1. The highest BCUT2D eigenvalue weighted by Crippen LogP contribution is 2.23. The molecule has 4 aromatic rings. The molecule has 118 valence electrons. The van der Waals surface area contributed by atoms with Crippen molar-refractivity contribution in [3.8, 4) is 11.6 Å². The zero-order valence-corrected chi connectivity index (χ0v) is 12.4. The number of hydrogen-bond acceptors (Lipinski definition) is 4. The lowest BCUT2D eigenvalue weighted by atomic mass is 10.2. The standard InChI is InChI=1S/C17H12N4O3/c22-15-8-10(5-6-18-15)17(23)19-11-3-4-12-13(9-11)21-16(20-12)14-2-1-7-24-14/h1-9H,(H,18,22)(H,19,23)(H,20,21). The van der Waals surface area contributed by atoms with Gasteiger partial charge in [0.2, 0.25) is 5.56 Å². The van der Waals surface area contributed by atoms with Gasteiger partial charge in [-0.25, -0.2) is 4.98 Å². The number of fused-ring (bicyclic) bond motifs is 1. The third-order valence-electron chi connectivity index (χ3n) is 3.53. The molecule has 0 saturated carbocycles. The van der Waals surface area contributed by atoms with Crippen LogP contribution in [0.4, 0.5) is 5.69 Å². The topological polar surface area (TPSA) is 104 Å². The van der Waals surface area contributed by atoms with Gasteiger partial charge in [-0.2, -0.15) is 0 Å². The Morgan fingerprint density at radius 1 is 1.17 bits per heavy atom. The zero-order chi connectivity index (χ0) is 16.5. The lowest BCUT2D eigenvalue weighted by molar-refractivity contribution is 0.102. The summed E-state index contributed by atoms with van der Waals surface area (Å²) in [7, 11) is 0. The van der Waals surface area contributed by atoms with E-state index in [9.17, 15) is 9.59 Å². The number of aromatic nitrogens is 3. The van der Waals surface area contributed by atoms with Crippen molar-refractivity contribution in [1.29, 1.82) is 0 Å². The van der Waals surface area contributed by atoms with E-state index in [2.05, 4.69) is 20.3 Å². The Bertz CT molecular complexity index is 1080. The summed E-state index contributed by atoms with van der Waals surface area (Å²) < 4.78 is 5.32. The van der Waals surface area contributed by atoms with Gasteiger partial charge in [-0.05, 0) is 36.4 Å². The van der Waals surface area contributed by atoms with Crippen LogP contribution in [0.2, 0.25) is 0 Å². The smallest absolute Gasteiger partial charge is 0.255 e. The van der Waals surface area contributed by atoms with E-state index in [1.54, 1.807) is 36.6 Å². The first-order valence-electron chi connectivity index (χ1n) is 7.23. The third-order valence-corrected chi connectivity index (χ3v) is 3.53. The molecule has 1 aromatic carbocycles. The molecule has 3 aromatic heterocycles. The minimum absolute atomic E-state index is 0.291. The Labute approximate surface area is 135 Å². The molecular formula is C17H12N4O3. The maximum atomic E-state index is 12.2. The van der Waals surface area contributed by atoms with Crippen LogP contribution < -0.4 is 10.9 Å². The van der Waals surface area contributed by atoms with Crippen LogP contribution in [0.1, 0.15) is 10.4 Å². The number of hydrogen-bond donors (Lipinski definition) is 3. The van der Waals surface area contributed by atoms with Gasteiger partial charge in [0, 0.05) is 23.5 Å². The molecule has 3 heterocycles. The highest BCUT2D eigenvalue weighted by atomic mass is 16.3. The maximum absolute atomic E-state index is 12.2. The number of furan rings is 1. The molecule has 24 heavy (non-hydrogen) atoms. The summed E-state index contributed by atoms with van der Waals surface area (Å²) in [5, 5.41) is 2.76. The number of benzene rings is 1. The van der Waals surface area contributed by atoms with Gasteiger partial charge in [-0.1, -0.05) is 0 Å². The summed E-state index contributed by atoms with van der Waals surface area (Å²) in [5.74, 6) is 0.902. The van der Waals surface area contributed by atoms with E-state index in [0.717, 1.165) is 11.0 Å². The van der Waals surface area contributed by atoms with Gasteiger partial charge < -0.3 is 19.7 Å². The van der Waals surface area contributed by atoms with Gasteiger partial charge in [-0.3, -0.25) is 9.59 Å². The van der Waals surface area contributed by atoms with Crippen LogP contribution in [0.15, 0.2) is 64.1 Å². The normalized spacial score (nSPS) is 10.8. The fourth-order valence-corrected chi connectivity index (χ4v) is 2.41. The summed E-state index contributed by atoms with van der Waals surface area (Å²) in [6.07, 6.45) is 3.01. The molecule has 3 N–H and O–H groups in total. The van der Waals surface area contributed by atoms with Crippen LogP contribution in [-0.4, -0.2) is 20.9 Å². The number of H-pyrrole nitrogens is 2. The second-order valence-electron chi connectivity index (χ2n) is 5.19. The summed E-state index contributed by atoms with van der Waals surface area (Å²) in [5.41, 5.74) is 2.09. The predicted molar refractivity (Wildman–Crippen MR) is 88.8 cm³/mol. The first-order chi connectivity index (χ1) is 11.7. The molecule has 1 amide bonds. The van der Waals surface area contributed by atoms with Crippen LogP contribution in [0, 0.1) is 0 Å². The first-order valence-corrected chi connectivity index (χ1v) is 7.23. The van der Waals surface area contributed by atoms with Gasteiger partial charge in [-0.15, -0.1) is 0 Å². The van der Waals surface area contributed by atoms with Gasteiger partial charge in [0.15, 0.2) is 11.6 Å². The molecule has 0 aliphatic rings. The number of anilines is 1. The minimum atomic E-state index is -0.355. The Hall–Kier alpha value is -3.61. The molecule has 0 unspecified atom stereocenters. The Balaban J connectivity index is 1.63. The van der Waals surface area contributed by atoms with Crippen molar-refractivity contribution < 1.29 is 9.21 Å². The van der Waals surface area contributed by atoms with Crippen molar-refractivity contribution in [2.24, 2.45) is 0 Å². The number of carbonyl (C=O) groups is 1. The van der Waals surface area contributed by atoms with Crippen LogP contribution in [0.25, 0.3) is 22.6 Å². The molecule has 0 aliphatic carbocycles. The molecule has 0 fully saturated rings. The number of nitrogens with one attached hydrogen (secondary N) is 3. The largest absolute Gasteiger partial charge is 0.461 e. The minimum Gasteiger partial charge on any atom is -0.461 e. The molecule has 0 saturated heterocycles. The Kier molecular flexibility index (Phi) is 3.24. The highest BCUT2D eigenvalue weighted by molar-refractivity contribution is 6.04. The number of nitrogens with zero attached hydrogens (tertiary/aromatic N) is 1. The molecule has 7 heteroatoms. The number of rotatable bonds is 3. The van der Waals surface area contributed by atoms with Crippen molar-refractivity contribution >= 4 is 22.6 Å². The first kappa shape index (κ1) is 14.0. The zero-order valence-electron chi connectivity index (χ0n) is 12.4. The summed E-state index contributed by atoms with van der Waals surface area (Å²) in [6.45, 7) is 0. The van der Waals surface area contributed by atoms with E-state index in [0.29, 0.717) is 22.8 Å². The molecule has 0 radical (unpaired) electrons. The van der Waals surface area contributed by atoms with E-state index in [-0.39, 0.29) is 11.5 Å². The molecule has 7 nitrogen and oxygen atoms in total. The maximum Gasteiger partial charge on any atom is 0.255 e. The molecular weight excluding hydrogens is 308 g/mol. The Morgan fingerprint density at radius 3 is 2.88 bits per heavy atom. The molecule has 0 atom stereocenters. The average Bonchev–Trinajstić information content (AvgIpc) is 3.23. The van der Waals surface area contributed by atoms with E-state index in [1.165, 1.54) is 12.3 Å².